The highest BCUT2D eigenvalue weighted by Crippen LogP contribution is 2.25. The molecule has 4 nitrogen and oxygen atoms in total. The number of ether oxygens (including phenoxy) is 1. The molecule has 82 valence electrons. The van der Waals surface area contributed by atoms with Gasteiger partial charge in [-0.05, 0) is 12.3 Å². The van der Waals surface area contributed by atoms with Crippen LogP contribution in [0.2, 0.25) is 0 Å². The highest BCUT2D eigenvalue weighted by atomic mass is 16.5. The third-order valence-electron chi connectivity index (χ3n) is 3.45. The minimum atomic E-state index is -0.377. The van der Waals surface area contributed by atoms with Crippen molar-refractivity contribution < 1.29 is 14.9 Å². The van der Waals surface area contributed by atoms with Crippen molar-refractivity contribution in [2.75, 3.05) is 26.3 Å². The molecule has 4 unspecified atom stereocenters. The molecule has 2 fully saturated rings. The summed E-state index contributed by atoms with van der Waals surface area (Å²) in [5.74, 6) is 0.364. The molecule has 2 N–H and O–H groups in total. The van der Waals surface area contributed by atoms with E-state index in [1.807, 2.05) is 0 Å². The highest BCUT2D eigenvalue weighted by Gasteiger charge is 2.39. The van der Waals surface area contributed by atoms with E-state index in [1.165, 1.54) is 0 Å². The zero-order valence-corrected chi connectivity index (χ0v) is 8.59. The number of nitrogens with zero attached hydrogens (tertiary/aromatic N) is 1. The molecule has 0 aromatic carbocycles. The maximum absolute atomic E-state index is 9.74. The van der Waals surface area contributed by atoms with Crippen molar-refractivity contribution >= 4 is 0 Å². The summed E-state index contributed by atoms with van der Waals surface area (Å²) in [5.41, 5.74) is 0. The van der Waals surface area contributed by atoms with Crippen LogP contribution in [0, 0.1) is 5.92 Å². The molecule has 4 atom stereocenters. The predicted octanol–water partition coefficient (Wildman–Crippen LogP) is -0.551. The summed E-state index contributed by atoms with van der Waals surface area (Å²) in [5, 5.41) is 19.4. The van der Waals surface area contributed by atoms with Crippen LogP contribution in [0.25, 0.3) is 0 Å². The zero-order chi connectivity index (χ0) is 10.1. The molecule has 2 heterocycles. The molecule has 0 aromatic rings. The van der Waals surface area contributed by atoms with Crippen LogP contribution in [-0.4, -0.2) is 59.7 Å². The van der Waals surface area contributed by atoms with Crippen molar-refractivity contribution in [3.05, 3.63) is 0 Å². The molecule has 0 aliphatic carbocycles. The van der Waals surface area contributed by atoms with Gasteiger partial charge in [0.05, 0.1) is 31.5 Å². The van der Waals surface area contributed by atoms with Crippen LogP contribution in [-0.2, 0) is 4.74 Å². The van der Waals surface area contributed by atoms with E-state index < -0.39 is 0 Å². The Hall–Kier alpha value is -0.160. The molecule has 2 saturated heterocycles. The fraction of sp³-hybridized carbons (Fsp3) is 1.00. The standard InChI is InChI=1S/C10H19NO3/c1-2-7-3-11(4-9(7)12)8-5-14-6-10(8)13/h7-10,12-13H,2-6H2,1H3. The number of likely N-dealkylation sites (tertiary alicyclic amines) is 1. The maximum Gasteiger partial charge on any atom is 0.0950 e. The van der Waals surface area contributed by atoms with Crippen LogP contribution < -0.4 is 0 Å². The van der Waals surface area contributed by atoms with Gasteiger partial charge in [0.25, 0.3) is 0 Å². The summed E-state index contributed by atoms with van der Waals surface area (Å²) in [6, 6.07) is 0.0983. The molecule has 4 heteroatoms. The molecule has 0 amide bonds. The smallest absolute Gasteiger partial charge is 0.0950 e. The van der Waals surface area contributed by atoms with Crippen molar-refractivity contribution in [2.45, 2.75) is 31.6 Å². The average molecular weight is 201 g/mol. The molecular weight excluding hydrogens is 182 g/mol. The first-order valence-corrected chi connectivity index (χ1v) is 5.40. The maximum atomic E-state index is 9.74. The van der Waals surface area contributed by atoms with E-state index in [0.29, 0.717) is 25.7 Å². The minimum absolute atomic E-state index is 0.0983. The fourth-order valence-corrected chi connectivity index (χ4v) is 2.44. The second-order valence-corrected chi connectivity index (χ2v) is 4.36. The molecule has 0 radical (unpaired) electrons. The van der Waals surface area contributed by atoms with E-state index >= 15 is 0 Å². The first kappa shape index (κ1) is 10.4. The Morgan fingerprint density at radius 1 is 1.21 bits per heavy atom. The zero-order valence-electron chi connectivity index (χ0n) is 8.59. The second kappa shape index (κ2) is 4.14. The first-order chi connectivity index (χ1) is 6.72. The largest absolute Gasteiger partial charge is 0.391 e. The Balaban J connectivity index is 1.94. The minimum Gasteiger partial charge on any atom is -0.391 e. The van der Waals surface area contributed by atoms with E-state index in [4.69, 9.17) is 4.74 Å². The van der Waals surface area contributed by atoms with Gasteiger partial charge < -0.3 is 14.9 Å². The highest BCUT2D eigenvalue weighted by molar-refractivity contribution is 4.91. The van der Waals surface area contributed by atoms with Gasteiger partial charge in [-0.3, -0.25) is 4.90 Å². The van der Waals surface area contributed by atoms with Crippen LogP contribution >= 0.6 is 0 Å². The summed E-state index contributed by atoms with van der Waals surface area (Å²) in [6.45, 7) is 4.71. The van der Waals surface area contributed by atoms with Crippen molar-refractivity contribution in [1.29, 1.82) is 0 Å². The van der Waals surface area contributed by atoms with Gasteiger partial charge in [0.2, 0.25) is 0 Å². The molecule has 14 heavy (non-hydrogen) atoms. The van der Waals surface area contributed by atoms with E-state index in [0.717, 1.165) is 13.0 Å². The number of hydrogen-bond donors (Lipinski definition) is 2. The molecular formula is C10H19NO3. The Morgan fingerprint density at radius 2 is 2.00 bits per heavy atom. The van der Waals surface area contributed by atoms with Gasteiger partial charge in [-0.1, -0.05) is 6.92 Å². The van der Waals surface area contributed by atoms with Gasteiger partial charge in [-0.2, -0.15) is 0 Å². The lowest BCUT2D eigenvalue weighted by Crippen LogP contribution is -2.42. The van der Waals surface area contributed by atoms with Crippen LogP contribution in [0.1, 0.15) is 13.3 Å². The van der Waals surface area contributed by atoms with Gasteiger partial charge in [0, 0.05) is 13.1 Å². The summed E-state index contributed by atoms with van der Waals surface area (Å²) in [4.78, 5) is 2.16. The topological polar surface area (TPSA) is 52.9 Å². The van der Waals surface area contributed by atoms with Gasteiger partial charge in [-0.15, -0.1) is 0 Å². The number of β-amino-alcohol motifs (C(OH)–C–C–N with tert-alkyl or cyclic N) is 1. The van der Waals surface area contributed by atoms with E-state index in [-0.39, 0.29) is 18.2 Å². The lowest BCUT2D eigenvalue weighted by atomic mass is 10.0. The molecule has 2 aliphatic rings. The first-order valence-electron chi connectivity index (χ1n) is 5.40. The summed E-state index contributed by atoms with van der Waals surface area (Å²) >= 11 is 0. The summed E-state index contributed by atoms with van der Waals surface area (Å²) in [6.07, 6.45) is 0.395. The molecule has 2 rings (SSSR count). The normalized spacial score (nSPS) is 44.8. The van der Waals surface area contributed by atoms with Crippen LogP contribution in [0.4, 0.5) is 0 Å². The van der Waals surface area contributed by atoms with Crippen molar-refractivity contribution in [3.63, 3.8) is 0 Å². The Kier molecular flexibility index (Phi) is 3.07. The fourth-order valence-electron chi connectivity index (χ4n) is 2.44. The lowest BCUT2D eigenvalue weighted by Gasteiger charge is -2.24. The Morgan fingerprint density at radius 3 is 2.50 bits per heavy atom. The van der Waals surface area contributed by atoms with Gasteiger partial charge >= 0.3 is 0 Å². The predicted molar refractivity (Wildman–Crippen MR) is 52.0 cm³/mol. The Labute approximate surface area is 84.5 Å². The number of rotatable bonds is 2. The molecule has 0 aromatic heterocycles. The third kappa shape index (κ3) is 1.80. The van der Waals surface area contributed by atoms with Gasteiger partial charge in [0.15, 0.2) is 0 Å². The third-order valence-corrected chi connectivity index (χ3v) is 3.45. The SMILES string of the molecule is CCC1CN(C2COCC2O)CC1O. The average Bonchev–Trinajstić information content (AvgIpc) is 2.71. The van der Waals surface area contributed by atoms with Gasteiger partial charge in [0.1, 0.15) is 0 Å². The van der Waals surface area contributed by atoms with E-state index in [9.17, 15) is 10.2 Å². The van der Waals surface area contributed by atoms with Gasteiger partial charge in [-0.25, -0.2) is 0 Å². The van der Waals surface area contributed by atoms with E-state index in [2.05, 4.69) is 11.8 Å². The summed E-state index contributed by atoms with van der Waals surface area (Å²) in [7, 11) is 0. The van der Waals surface area contributed by atoms with Crippen LogP contribution in [0.3, 0.4) is 0 Å². The second-order valence-electron chi connectivity index (χ2n) is 4.36. The molecule has 0 bridgehead atoms. The van der Waals surface area contributed by atoms with E-state index in [1.54, 1.807) is 0 Å². The van der Waals surface area contributed by atoms with Crippen molar-refractivity contribution in [2.24, 2.45) is 5.92 Å². The number of hydrogen-bond acceptors (Lipinski definition) is 4. The number of aliphatic hydroxyl groups excluding tert-OH is 2. The number of aliphatic hydroxyl groups is 2. The van der Waals surface area contributed by atoms with Crippen molar-refractivity contribution in [3.8, 4) is 0 Å². The Bertz CT molecular complexity index is 200. The van der Waals surface area contributed by atoms with Crippen molar-refractivity contribution in [1.82, 2.24) is 4.90 Å². The molecule has 0 saturated carbocycles. The molecule has 0 spiro atoms. The van der Waals surface area contributed by atoms with Crippen LogP contribution in [0.15, 0.2) is 0 Å². The lowest BCUT2D eigenvalue weighted by molar-refractivity contribution is 0.0850. The summed E-state index contributed by atoms with van der Waals surface area (Å²) < 4.78 is 5.21. The monoisotopic (exact) mass is 201 g/mol. The quantitative estimate of drug-likeness (QED) is 0.629. The molecule has 2 aliphatic heterocycles. The van der Waals surface area contributed by atoms with Crippen LogP contribution in [0.5, 0.6) is 0 Å².